The average molecular weight is 512 g/mol. The second kappa shape index (κ2) is 11.1. The monoisotopic (exact) mass is 511 g/mol. The molecular formula is C29H32F3N3O2. The highest BCUT2D eigenvalue weighted by Gasteiger charge is 2.33. The fraction of sp³-hybridized carbons (Fsp3) is 0.414. The summed E-state index contributed by atoms with van der Waals surface area (Å²) in [5, 5.41) is 11.5. The average Bonchev–Trinajstić information content (AvgIpc) is 3.36. The highest BCUT2D eigenvalue weighted by molar-refractivity contribution is 5.91. The first-order chi connectivity index (χ1) is 17.9. The molecule has 2 aromatic carbocycles. The molecule has 2 fully saturated rings. The number of aromatic amines is 1. The van der Waals surface area contributed by atoms with Gasteiger partial charge in [-0.25, -0.2) is 13.2 Å². The maximum Gasteiger partial charge on any atom is 0.246 e. The number of hydrogen-bond acceptors (Lipinski definition) is 3. The number of piperidine rings is 2. The number of nitrogens with one attached hydrogen (secondary N) is 1. The summed E-state index contributed by atoms with van der Waals surface area (Å²) in [4.78, 5) is 20.1. The highest BCUT2D eigenvalue weighted by atomic mass is 19.2. The van der Waals surface area contributed by atoms with Crippen LogP contribution in [0.2, 0.25) is 0 Å². The van der Waals surface area contributed by atoms with Crippen LogP contribution in [0.1, 0.15) is 42.7 Å². The van der Waals surface area contributed by atoms with E-state index in [9.17, 15) is 23.1 Å². The van der Waals surface area contributed by atoms with Crippen molar-refractivity contribution in [3.63, 3.8) is 0 Å². The Kier molecular flexibility index (Phi) is 7.67. The van der Waals surface area contributed by atoms with Gasteiger partial charge in [0.1, 0.15) is 0 Å². The molecule has 8 heteroatoms. The lowest BCUT2D eigenvalue weighted by atomic mass is 9.84. The lowest BCUT2D eigenvalue weighted by molar-refractivity contribution is -0.127. The van der Waals surface area contributed by atoms with Gasteiger partial charge in [-0.05, 0) is 86.0 Å². The lowest BCUT2D eigenvalue weighted by Gasteiger charge is -2.43. The molecule has 2 saturated heterocycles. The number of halogens is 3. The van der Waals surface area contributed by atoms with Gasteiger partial charge in [-0.3, -0.25) is 9.69 Å². The SMILES string of the molecule is O=C(/C=C/c1cc(F)c(F)c(F)c1)N1CCC(C(CO)N2CCC(c3c[nH]c4ccccc34)CC2)CC1. The number of para-hydroxylation sites is 1. The Labute approximate surface area is 214 Å². The third-order valence-electron chi connectivity index (χ3n) is 8.07. The van der Waals surface area contributed by atoms with E-state index in [0.717, 1.165) is 50.9 Å². The van der Waals surface area contributed by atoms with Crippen LogP contribution in [0.25, 0.3) is 17.0 Å². The summed E-state index contributed by atoms with van der Waals surface area (Å²) in [5.74, 6) is -3.54. The molecule has 0 saturated carbocycles. The summed E-state index contributed by atoms with van der Waals surface area (Å²) in [6.07, 6.45) is 8.37. The van der Waals surface area contributed by atoms with Gasteiger partial charge in [0.25, 0.3) is 0 Å². The van der Waals surface area contributed by atoms with Gasteiger partial charge in [0, 0.05) is 42.3 Å². The molecule has 1 aromatic heterocycles. The zero-order chi connectivity index (χ0) is 25.9. The van der Waals surface area contributed by atoms with Gasteiger partial charge in [0.2, 0.25) is 5.91 Å². The van der Waals surface area contributed by atoms with Crippen LogP contribution in [-0.4, -0.2) is 64.6 Å². The molecule has 0 spiro atoms. The number of likely N-dealkylation sites (tertiary alicyclic amines) is 2. The number of carbonyl (C=O) groups is 1. The van der Waals surface area contributed by atoms with Gasteiger partial charge in [-0.2, -0.15) is 0 Å². The quantitative estimate of drug-likeness (QED) is 0.359. The zero-order valence-electron chi connectivity index (χ0n) is 20.7. The second-order valence-electron chi connectivity index (χ2n) is 10.1. The standard InChI is InChI=1S/C29H32F3N3O2/c30-24-15-19(16-25(31)29(24)32)5-6-28(37)35-13-9-21(10-14-35)27(18-36)34-11-7-20(8-12-34)23-17-33-26-4-2-1-3-22(23)26/h1-6,15-17,20-21,27,33,36H,7-14,18H2/b6-5+. The van der Waals surface area contributed by atoms with Crippen molar-refractivity contribution in [3.05, 3.63) is 77.2 Å². The molecule has 5 nitrogen and oxygen atoms in total. The van der Waals surface area contributed by atoms with Gasteiger partial charge < -0.3 is 15.0 Å². The molecule has 37 heavy (non-hydrogen) atoms. The van der Waals surface area contributed by atoms with Crippen LogP contribution in [0.5, 0.6) is 0 Å². The zero-order valence-corrected chi connectivity index (χ0v) is 20.7. The van der Waals surface area contributed by atoms with Crippen molar-refractivity contribution in [3.8, 4) is 0 Å². The second-order valence-corrected chi connectivity index (χ2v) is 10.1. The topological polar surface area (TPSA) is 59.6 Å². The molecule has 0 bridgehead atoms. The van der Waals surface area contributed by atoms with Crippen LogP contribution in [-0.2, 0) is 4.79 Å². The molecule has 196 valence electrons. The molecule has 1 atom stereocenters. The van der Waals surface area contributed by atoms with E-state index in [1.165, 1.54) is 28.6 Å². The Bertz CT molecular complexity index is 1250. The van der Waals surface area contributed by atoms with E-state index >= 15 is 0 Å². The van der Waals surface area contributed by atoms with Gasteiger partial charge in [0.05, 0.1) is 6.61 Å². The normalized spacial score (nSPS) is 19.2. The van der Waals surface area contributed by atoms with Gasteiger partial charge in [-0.1, -0.05) is 18.2 Å². The Balaban J connectivity index is 1.14. The van der Waals surface area contributed by atoms with Crippen LogP contribution in [0.3, 0.4) is 0 Å². The Morgan fingerprint density at radius 3 is 2.38 bits per heavy atom. The Morgan fingerprint density at radius 1 is 1.03 bits per heavy atom. The molecule has 2 N–H and O–H groups in total. The van der Waals surface area contributed by atoms with Crippen LogP contribution in [0.4, 0.5) is 13.2 Å². The number of fused-ring (bicyclic) bond motifs is 1. The first-order valence-corrected chi connectivity index (χ1v) is 13.0. The largest absolute Gasteiger partial charge is 0.395 e. The minimum Gasteiger partial charge on any atom is -0.395 e. The lowest BCUT2D eigenvalue weighted by Crippen LogP contribution is -2.50. The van der Waals surface area contributed by atoms with Crippen molar-refractivity contribution in [1.82, 2.24) is 14.8 Å². The summed E-state index contributed by atoms with van der Waals surface area (Å²) in [5.41, 5.74) is 2.64. The van der Waals surface area contributed by atoms with Crippen LogP contribution in [0.15, 0.2) is 48.7 Å². The Hall–Kier alpha value is -3.10. The van der Waals surface area contributed by atoms with Gasteiger partial charge >= 0.3 is 0 Å². The summed E-state index contributed by atoms with van der Waals surface area (Å²) >= 11 is 0. The third kappa shape index (κ3) is 5.45. The summed E-state index contributed by atoms with van der Waals surface area (Å²) < 4.78 is 40.0. The molecule has 2 aliphatic heterocycles. The summed E-state index contributed by atoms with van der Waals surface area (Å²) in [6.45, 7) is 3.08. The van der Waals surface area contributed by atoms with E-state index in [0.29, 0.717) is 24.9 Å². The molecule has 0 radical (unpaired) electrons. The predicted octanol–water partition coefficient (Wildman–Crippen LogP) is 5.08. The minimum atomic E-state index is -1.52. The minimum absolute atomic E-state index is 0.0712. The number of hydrogen-bond donors (Lipinski definition) is 2. The molecular weight excluding hydrogens is 479 g/mol. The van der Waals surface area contributed by atoms with E-state index in [2.05, 4.69) is 34.3 Å². The first-order valence-electron chi connectivity index (χ1n) is 13.0. The number of amides is 1. The maximum absolute atomic E-state index is 13.4. The fourth-order valence-corrected chi connectivity index (χ4v) is 5.99. The molecule has 2 aliphatic rings. The van der Waals surface area contributed by atoms with Crippen molar-refractivity contribution < 1.29 is 23.1 Å². The van der Waals surface area contributed by atoms with Crippen molar-refractivity contribution in [2.75, 3.05) is 32.8 Å². The number of aliphatic hydroxyl groups is 1. The number of carbonyl (C=O) groups excluding carboxylic acids is 1. The molecule has 5 rings (SSSR count). The highest BCUT2D eigenvalue weighted by Crippen LogP contribution is 2.35. The molecule has 1 amide bonds. The van der Waals surface area contributed by atoms with E-state index in [4.69, 9.17) is 0 Å². The number of aromatic nitrogens is 1. The molecule has 3 heterocycles. The number of aliphatic hydroxyl groups excluding tert-OH is 1. The number of rotatable bonds is 6. The molecule has 0 aliphatic carbocycles. The maximum atomic E-state index is 13.4. The Morgan fingerprint density at radius 2 is 1.70 bits per heavy atom. The van der Waals surface area contributed by atoms with E-state index < -0.39 is 17.5 Å². The molecule has 3 aromatic rings. The third-order valence-corrected chi connectivity index (χ3v) is 8.07. The summed E-state index contributed by atoms with van der Waals surface area (Å²) in [6, 6.07) is 10.2. The van der Waals surface area contributed by atoms with Crippen LogP contribution in [0, 0.1) is 23.4 Å². The van der Waals surface area contributed by atoms with E-state index in [-0.39, 0.29) is 24.1 Å². The van der Waals surface area contributed by atoms with E-state index in [1.54, 1.807) is 4.90 Å². The first kappa shape index (κ1) is 25.5. The van der Waals surface area contributed by atoms with Gasteiger partial charge in [-0.15, -0.1) is 0 Å². The van der Waals surface area contributed by atoms with Crippen molar-refractivity contribution in [1.29, 1.82) is 0 Å². The summed E-state index contributed by atoms with van der Waals surface area (Å²) in [7, 11) is 0. The van der Waals surface area contributed by atoms with E-state index in [1.807, 2.05) is 6.07 Å². The fourth-order valence-electron chi connectivity index (χ4n) is 5.99. The number of benzene rings is 2. The smallest absolute Gasteiger partial charge is 0.246 e. The van der Waals surface area contributed by atoms with Crippen LogP contribution < -0.4 is 0 Å². The van der Waals surface area contributed by atoms with Crippen LogP contribution >= 0.6 is 0 Å². The van der Waals surface area contributed by atoms with Crippen molar-refractivity contribution in [2.45, 2.75) is 37.6 Å². The predicted molar refractivity (Wildman–Crippen MR) is 137 cm³/mol. The van der Waals surface area contributed by atoms with Crippen molar-refractivity contribution >= 4 is 22.9 Å². The van der Waals surface area contributed by atoms with Crippen molar-refractivity contribution in [2.24, 2.45) is 5.92 Å². The number of H-pyrrole nitrogens is 1. The molecule has 1 unspecified atom stereocenters. The number of nitrogens with zero attached hydrogens (tertiary/aromatic N) is 2. The van der Waals surface area contributed by atoms with Gasteiger partial charge in [0.15, 0.2) is 17.5 Å².